The van der Waals surface area contributed by atoms with Crippen LogP contribution in [-0.4, -0.2) is 31.0 Å². The van der Waals surface area contributed by atoms with Crippen molar-refractivity contribution in [3.8, 4) is 0 Å². The topological polar surface area (TPSA) is 133 Å². The molecule has 1 heterocycles. The maximum atomic E-state index is 11.3. The van der Waals surface area contributed by atoms with Gasteiger partial charge in [-0.3, -0.25) is 9.11 Å². The van der Waals surface area contributed by atoms with Gasteiger partial charge in [0.05, 0.1) is 0 Å². The molecule has 0 amide bonds. The minimum atomic E-state index is -4.76. The first kappa shape index (κ1) is 13.7. The van der Waals surface area contributed by atoms with Crippen LogP contribution in [0.3, 0.4) is 0 Å². The Morgan fingerprint density at radius 3 is 2.21 bits per heavy atom. The smallest absolute Gasteiger partial charge is 0.313 e. The van der Waals surface area contributed by atoms with Crippen molar-refractivity contribution < 1.29 is 25.9 Å². The number of aliphatic imine (C=N–C) groups is 1. The molecule has 19 heavy (non-hydrogen) atoms. The molecular formula is C9H8N2O6S2. The molecule has 0 aromatic heterocycles. The summed E-state index contributed by atoms with van der Waals surface area (Å²) in [5.41, 5.74) is 0.206. The summed E-state index contributed by atoms with van der Waals surface area (Å²) in [6.45, 7) is 0. The molecule has 102 valence electrons. The molecule has 1 aliphatic heterocycles. The van der Waals surface area contributed by atoms with Gasteiger partial charge < -0.3 is 5.32 Å². The van der Waals surface area contributed by atoms with Crippen molar-refractivity contribution in [2.45, 2.75) is 0 Å². The van der Waals surface area contributed by atoms with Gasteiger partial charge in [0.25, 0.3) is 0 Å². The lowest BCUT2D eigenvalue weighted by atomic mass is 10.2. The van der Waals surface area contributed by atoms with Gasteiger partial charge in [0.2, 0.25) is 0 Å². The number of benzene rings is 1. The minimum absolute atomic E-state index is 0.0140. The lowest BCUT2D eigenvalue weighted by Gasteiger charge is -2.06. The van der Waals surface area contributed by atoms with E-state index in [1.165, 1.54) is 18.2 Å². The minimum Gasteiger partial charge on any atom is -0.359 e. The highest BCUT2D eigenvalue weighted by Crippen LogP contribution is 2.24. The molecule has 0 radical (unpaired) electrons. The Kier molecular flexibility index (Phi) is 3.18. The van der Waals surface area contributed by atoms with E-state index in [4.69, 9.17) is 9.11 Å². The highest BCUT2D eigenvalue weighted by molar-refractivity contribution is 8.02. The van der Waals surface area contributed by atoms with Gasteiger partial charge in [-0.05, 0) is 12.1 Å². The van der Waals surface area contributed by atoms with Crippen molar-refractivity contribution in [3.63, 3.8) is 0 Å². The summed E-state index contributed by atoms with van der Waals surface area (Å²) in [5, 5.41) is 0.708. The molecule has 10 heteroatoms. The number of nitrogens with one attached hydrogen (secondary N) is 1. The summed E-state index contributed by atoms with van der Waals surface area (Å²) in [7, 11) is -9.49. The molecule has 1 aliphatic rings. The third-order valence-electron chi connectivity index (χ3n) is 2.23. The number of fused-ring (bicyclic) bond motifs is 1. The molecule has 0 fully saturated rings. The van der Waals surface area contributed by atoms with E-state index in [2.05, 4.69) is 10.3 Å². The van der Waals surface area contributed by atoms with Crippen LogP contribution in [0.2, 0.25) is 0 Å². The predicted molar refractivity (Wildman–Crippen MR) is 67.8 cm³/mol. The van der Waals surface area contributed by atoms with E-state index in [-0.39, 0.29) is 11.3 Å². The number of rotatable bonds is 1. The second kappa shape index (κ2) is 4.42. The summed E-state index contributed by atoms with van der Waals surface area (Å²) in [6, 6.07) is 5.84. The van der Waals surface area contributed by atoms with Gasteiger partial charge in [0, 0.05) is 17.5 Å². The van der Waals surface area contributed by atoms with E-state index in [0.717, 1.165) is 6.20 Å². The number of anilines is 1. The Bertz CT molecular complexity index is 792. The number of nitrogens with zero attached hydrogens (tertiary/aromatic N) is 1. The van der Waals surface area contributed by atoms with Crippen LogP contribution < -0.4 is 5.32 Å². The van der Waals surface area contributed by atoms with E-state index in [1.54, 1.807) is 6.07 Å². The summed E-state index contributed by atoms with van der Waals surface area (Å²) in [5.74, 6) is 0. The number of hydrogen-bond acceptors (Lipinski definition) is 6. The molecule has 1 aromatic rings. The summed E-state index contributed by atoms with van der Waals surface area (Å²) in [6.07, 6.45) is 0.826. The Labute approximate surface area is 109 Å². The molecule has 0 bridgehead atoms. The van der Waals surface area contributed by atoms with Gasteiger partial charge in [-0.25, -0.2) is 4.99 Å². The summed E-state index contributed by atoms with van der Waals surface area (Å²) in [4.78, 5) is 3.30. The van der Waals surface area contributed by atoms with Crippen molar-refractivity contribution in [1.29, 1.82) is 0 Å². The fraction of sp³-hybridized carbons (Fsp3) is 0. The molecular weight excluding hydrogens is 296 g/mol. The zero-order valence-corrected chi connectivity index (χ0v) is 10.8. The molecule has 0 aliphatic carbocycles. The molecule has 8 nitrogen and oxygen atoms in total. The maximum Gasteiger partial charge on any atom is 0.313 e. The van der Waals surface area contributed by atoms with Gasteiger partial charge in [-0.1, -0.05) is 12.1 Å². The van der Waals surface area contributed by atoms with Gasteiger partial charge in [0.15, 0.2) is 10.1 Å². The zero-order valence-electron chi connectivity index (χ0n) is 9.18. The summed E-state index contributed by atoms with van der Waals surface area (Å²) < 4.78 is 62.6. The third kappa shape index (κ3) is 2.81. The van der Waals surface area contributed by atoms with Crippen LogP contribution >= 0.6 is 0 Å². The van der Waals surface area contributed by atoms with E-state index < -0.39 is 30.3 Å². The molecule has 0 unspecified atom stereocenters. The predicted octanol–water partition coefficient (Wildman–Crippen LogP) is 0.433. The maximum absolute atomic E-state index is 11.3. The van der Waals surface area contributed by atoms with E-state index >= 15 is 0 Å². The first-order chi connectivity index (χ1) is 8.69. The molecule has 3 N–H and O–H groups in total. The average Bonchev–Trinajstić information content (AvgIpc) is 2.46. The van der Waals surface area contributed by atoms with Crippen LogP contribution in [0, 0.1) is 0 Å². The highest BCUT2D eigenvalue weighted by Gasteiger charge is 2.27. The van der Waals surface area contributed by atoms with Crippen molar-refractivity contribution in [2.24, 2.45) is 4.99 Å². The number of hydrogen-bond donors (Lipinski definition) is 3. The van der Waals surface area contributed by atoms with Crippen molar-refractivity contribution in [1.82, 2.24) is 0 Å². The molecule has 0 saturated carbocycles. The quantitative estimate of drug-likeness (QED) is 0.641. The normalized spacial score (nSPS) is 15.7. The van der Waals surface area contributed by atoms with Crippen molar-refractivity contribution in [2.75, 3.05) is 5.32 Å². The summed E-state index contributed by atoms with van der Waals surface area (Å²) >= 11 is 0. The van der Waals surface area contributed by atoms with E-state index in [9.17, 15) is 16.8 Å². The Hall–Kier alpha value is -1.75. The van der Waals surface area contributed by atoms with Crippen LogP contribution in [0.25, 0.3) is 0 Å². The SMILES string of the molecule is O=S(=O)(O)C1=CNc2ccccc2C(S(=O)(=O)O)=N1. The fourth-order valence-corrected chi connectivity index (χ4v) is 2.60. The van der Waals surface area contributed by atoms with Gasteiger partial charge >= 0.3 is 20.2 Å². The van der Waals surface area contributed by atoms with Crippen molar-refractivity contribution in [3.05, 3.63) is 41.1 Å². The Morgan fingerprint density at radius 1 is 1.00 bits per heavy atom. The van der Waals surface area contributed by atoms with E-state index in [1.807, 2.05) is 0 Å². The van der Waals surface area contributed by atoms with Crippen LogP contribution in [-0.2, 0) is 20.2 Å². The van der Waals surface area contributed by atoms with Gasteiger partial charge in [-0.2, -0.15) is 16.8 Å². The van der Waals surface area contributed by atoms with Crippen LogP contribution in [0.1, 0.15) is 5.56 Å². The molecule has 0 atom stereocenters. The molecule has 0 saturated heterocycles. The van der Waals surface area contributed by atoms with Crippen LogP contribution in [0.15, 0.2) is 40.5 Å². The number of para-hydroxylation sites is 1. The first-order valence-corrected chi connectivity index (χ1v) is 7.67. The second-order valence-corrected chi connectivity index (χ2v) is 6.24. The van der Waals surface area contributed by atoms with E-state index in [0.29, 0.717) is 0 Å². The van der Waals surface area contributed by atoms with Crippen molar-refractivity contribution >= 4 is 31.0 Å². The second-order valence-electron chi connectivity index (χ2n) is 3.54. The lowest BCUT2D eigenvalue weighted by Crippen LogP contribution is -2.16. The Morgan fingerprint density at radius 2 is 1.63 bits per heavy atom. The zero-order chi connectivity index (χ0) is 14.3. The van der Waals surface area contributed by atoms with Crippen LogP contribution in [0.4, 0.5) is 5.69 Å². The highest BCUT2D eigenvalue weighted by atomic mass is 32.2. The van der Waals surface area contributed by atoms with Crippen LogP contribution in [0.5, 0.6) is 0 Å². The largest absolute Gasteiger partial charge is 0.359 e. The average molecular weight is 304 g/mol. The fourth-order valence-electron chi connectivity index (χ4n) is 1.46. The standard InChI is InChI=1S/C9H8N2O6S2/c12-18(13,14)8-5-10-7-4-2-1-3-6(7)9(11-8)19(15,16)17/h1-5,10H,(H,12,13,14)(H,15,16,17). The molecule has 0 spiro atoms. The molecule has 2 rings (SSSR count). The Balaban J connectivity index is 2.78. The van der Waals surface area contributed by atoms with Gasteiger partial charge in [-0.15, -0.1) is 0 Å². The third-order valence-corrected chi connectivity index (χ3v) is 3.77. The first-order valence-electron chi connectivity index (χ1n) is 4.79. The monoisotopic (exact) mass is 304 g/mol. The lowest BCUT2D eigenvalue weighted by molar-refractivity contribution is 0.490. The molecule has 1 aromatic carbocycles. The van der Waals surface area contributed by atoms with Gasteiger partial charge in [0.1, 0.15) is 0 Å².